The Balaban J connectivity index is 1.50. The van der Waals surface area contributed by atoms with Gasteiger partial charge in [-0.1, -0.05) is 6.07 Å². The minimum atomic E-state index is -0.366. The maximum atomic E-state index is 12.3. The van der Waals surface area contributed by atoms with Crippen LogP contribution in [0.4, 0.5) is 16.2 Å². The van der Waals surface area contributed by atoms with E-state index in [9.17, 15) is 4.79 Å². The molecule has 0 bridgehead atoms. The number of oxazole rings is 1. The fraction of sp³-hybridized carbons (Fsp3) is 0.118. The molecule has 26 heavy (non-hydrogen) atoms. The van der Waals surface area contributed by atoms with E-state index in [4.69, 9.17) is 4.42 Å². The van der Waals surface area contributed by atoms with Crippen LogP contribution in [0.3, 0.4) is 0 Å². The molecule has 2 aromatic heterocycles. The number of aryl methyl sites for hydroxylation is 2. The summed E-state index contributed by atoms with van der Waals surface area (Å²) in [6, 6.07) is 12.2. The van der Waals surface area contributed by atoms with Gasteiger partial charge in [0.2, 0.25) is 0 Å². The van der Waals surface area contributed by atoms with Gasteiger partial charge in [-0.25, -0.2) is 9.78 Å². The number of amides is 2. The topological polar surface area (TPSA) is 111 Å². The average Bonchev–Trinajstić information content (AvgIpc) is 3.19. The molecule has 0 unspecified atom stereocenters. The number of rotatable bonds is 3. The second-order valence-corrected chi connectivity index (χ2v) is 5.68. The highest BCUT2D eigenvalue weighted by Gasteiger charge is 2.08. The molecule has 130 valence electrons. The Morgan fingerprint density at radius 1 is 1.08 bits per heavy atom. The summed E-state index contributed by atoms with van der Waals surface area (Å²) in [6.07, 6.45) is 0. The zero-order valence-corrected chi connectivity index (χ0v) is 14.1. The molecule has 2 heterocycles. The molecule has 9 heteroatoms. The molecule has 0 atom stereocenters. The Kier molecular flexibility index (Phi) is 3.81. The summed E-state index contributed by atoms with van der Waals surface area (Å²) in [7, 11) is 0. The van der Waals surface area contributed by atoms with Crippen molar-refractivity contribution in [2.45, 2.75) is 13.8 Å². The highest BCUT2D eigenvalue weighted by Crippen LogP contribution is 2.20. The Bertz CT molecular complexity index is 1100. The standard InChI is InChI=1S/C17H15N7O2/c1-10-21-22-23-24(10)14-5-3-4-12(8-14)19-17(25)20-13-6-7-16-15(9-13)18-11(2)26-16/h3-9H,1-2H3,(H2,19,20,25). The Morgan fingerprint density at radius 3 is 2.65 bits per heavy atom. The van der Waals surface area contributed by atoms with E-state index in [1.54, 1.807) is 48.9 Å². The lowest BCUT2D eigenvalue weighted by Gasteiger charge is -2.09. The van der Waals surface area contributed by atoms with Crippen LogP contribution in [0.25, 0.3) is 16.8 Å². The molecule has 0 aliphatic heterocycles. The van der Waals surface area contributed by atoms with Gasteiger partial charge in [0.05, 0.1) is 5.69 Å². The van der Waals surface area contributed by atoms with Gasteiger partial charge in [-0.05, 0) is 53.7 Å². The molecule has 4 aromatic rings. The largest absolute Gasteiger partial charge is 0.441 e. The number of benzene rings is 2. The van der Waals surface area contributed by atoms with Crippen molar-refractivity contribution in [1.82, 2.24) is 25.2 Å². The van der Waals surface area contributed by atoms with Crippen LogP contribution in [-0.4, -0.2) is 31.2 Å². The Morgan fingerprint density at radius 2 is 1.88 bits per heavy atom. The Hall–Kier alpha value is -3.75. The van der Waals surface area contributed by atoms with Crippen molar-refractivity contribution in [3.8, 4) is 5.69 Å². The number of carbonyl (C=O) groups is 1. The van der Waals surface area contributed by atoms with Gasteiger partial charge >= 0.3 is 6.03 Å². The van der Waals surface area contributed by atoms with Crippen LogP contribution >= 0.6 is 0 Å². The molecular weight excluding hydrogens is 334 g/mol. The smallest absolute Gasteiger partial charge is 0.323 e. The van der Waals surface area contributed by atoms with Crippen LogP contribution in [0, 0.1) is 13.8 Å². The SMILES string of the molecule is Cc1nc2cc(NC(=O)Nc3cccc(-n4nnnc4C)c3)ccc2o1. The van der Waals surface area contributed by atoms with Gasteiger partial charge < -0.3 is 15.1 Å². The summed E-state index contributed by atoms with van der Waals surface area (Å²) < 4.78 is 7.01. The number of tetrazole rings is 1. The average molecular weight is 349 g/mol. The molecule has 0 saturated heterocycles. The number of hydrogen-bond donors (Lipinski definition) is 2. The van der Waals surface area contributed by atoms with Crippen LogP contribution in [-0.2, 0) is 0 Å². The third-order valence-corrected chi connectivity index (χ3v) is 3.73. The van der Waals surface area contributed by atoms with Crippen molar-refractivity contribution in [3.63, 3.8) is 0 Å². The summed E-state index contributed by atoms with van der Waals surface area (Å²) in [5.74, 6) is 1.24. The van der Waals surface area contributed by atoms with E-state index < -0.39 is 0 Å². The van der Waals surface area contributed by atoms with E-state index in [-0.39, 0.29) is 6.03 Å². The maximum absolute atomic E-state index is 12.3. The van der Waals surface area contributed by atoms with E-state index in [0.717, 1.165) is 5.69 Å². The van der Waals surface area contributed by atoms with E-state index in [1.807, 2.05) is 12.1 Å². The first-order valence-electron chi connectivity index (χ1n) is 7.89. The molecule has 0 radical (unpaired) electrons. The van der Waals surface area contributed by atoms with Crippen molar-refractivity contribution in [3.05, 3.63) is 54.2 Å². The van der Waals surface area contributed by atoms with Gasteiger partial charge in [-0.3, -0.25) is 0 Å². The summed E-state index contributed by atoms with van der Waals surface area (Å²) in [5, 5.41) is 17.0. The number of aromatic nitrogens is 5. The molecule has 0 saturated carbocycles. The second kappa shape index (κ2) is 6.28. The van der Waals surface area contributed by atoms with Gasteiger partial charge in [0.1, 0.15) is 5.52 Å². The predicted molar refractivity (Wildman–Crippen MR) is 95.3 cm³/mol. The van der Waals surface area contributed by atoms with E-state index in [0.29, 0.717) is 34.2 Å². The minimum Gasteiger partial charge on any atom is -0.441 e. The zero-order chi connectivity index (χ0) is 18.1. The highest BCUT2D eigenvalue weighted by atomic mass is 16.3. The molecule has 4 rings (SSSR count). The van der Waals surface area contributed by atoms with Crippen molar-refractivity contribution >= 4 is 28.5 Å². The first-order chi connectivity index (χ1) is 12.6. The molecular formula is C17H15N7O2. The van der Waals surface area contributed by atoms with Gasteiger partial charge in [-0.2, -0.15) is 4.68 Å². The number of nitrogens with zero attached hydrogens (tertiary/aromatic N) is 5. The predicted octanol–water partition coefficient (Wildman–Crippen LogP) is 3.06. The lowest BCUT2D eigenvalue weighted by atomic mass is 10.2. The van der Waals surface area contributed by atoms with Gasteiger partial charge in [0.25, 0.3) is 0 Å². The number of carbonyl (C=O) groups excluding carboxylic acids is 1. The number of nitrogens with one attached hydrogen (secondary N) is 2. The van der Waals surface area contributed by atoms with Crippen molar-refractivity contribution < 1.29 is 9.21 Å². The van der Waals surface area contributed by atoms with Crippen LogP contribution in [0.1, 0.15) is 11.7 Å². The fourth-order valence-electron chi connectivity index (χ4n) is 2.60. The molecule has 0 spiro atoms. The summed E-state index contributed by atoms with van der Waals surface area (Å²) >= 11 is 0. The number of urea groups is 1. The van der Waals surface area contributed by atoms with Gasteiger partial charge in [0.15, 0.2) is 17.3 Å². The molecule has 2 aromatic carbocycles. The third kappa shape index (κ3) is 3.09. The lowest BCUT2D eigenvalue weighted by molar-refractivity contribution is 0.262. The third-order valence-electron chi connectivity index (χ3n) is 3.73. The van der Waals surface area contributed by atoms with Crippen LogP contribution in [0.15, 0.2) is 46.9 Å². The summed E-state index contributed by atoms with van der Waals surface area (Å²) in [4.78, 5) is 16.5. The molecule has 2 N–H and O–H groups in total. The fourth-order valence-corrected chi connectivity index (χ4v) is 2.60. The second-order valence-electron chi connectivity index (χ2n) is 5.68. The van der Waals surface area contributed by atoms with E-state index in [1.165, 1.54) is 0 Å². The van der Waals surface area contributed by atoms with Crippen LogP contribution < -0.4 is 10.6 Å². The van der Waals surface area contributed by atoms with Crippen molar-refractivity contribution in [2.75, 3.05) is 10.6 Å². The molecule has 0 aliphatic carbocycles. The normalized spacial score (nSPS) is 10.8. The monoisotopic (exact) mass is 349 g/mol. The number of hydrogen-bond acceptors (Lipinski definition) is 6. The molecule has 0 fully saturated rings. The summed E-state index contributed by atoms with van der Waals surface area (Å²) in [5.41, 5.74) is 3.36. The highest BCUT2D eigenvalue weighted by molar-refractivity contribution is 6.00. The van der Waals surface area contributed by atoms with Gasteiger partial charge in [-0.15, -0.1) is 5.10 Å². The van der Waals surface area contributed by atoms with E-state index in [2.05, 4.69) is 31.1 Å². The van der Waals surface area contributed by atoms with E-state index >= 15 is 0 Å². The maximum Gasteiger partial charge on any atom is 0.323 e. The Labute approximate surface area is 148 Å². The summed E-state index contributed by atoms with van der Waals surface area (Å²) in [6.45, 7) is 3.58. The van der Waals surface area contributed by atoms with Crippen LogP contribution in [0.5, 0.6) is 0 Å². The first-order valence-corrected chi connectivity index (χ1v) is 7.89. The quantitative estimate of drug-likeness (QED) is 0.588. The number of anilines is 2. The van der Waals surface area contributed by atoms with Crippen molar-refractivity contribution in [1.29, 1.82) is 0 Å². The molecule has 0 aliphatic rings. The minimum absolute atomic E-state index is 0.366. The molecule has 2 amide bonds. The zero-order valence-electron chi connectivity index (χ0n) is 14.1. The molecule has 9 nitrogen and oxygen atoms in total. The van der Waals surface area contributed by atoms with Crippen molar-refractivity contribution in [2.24, 2.45) is 0 Å². The lowest BCUT2D eigenvalue weighted by Crippen LogP contribution is -2.19. The number of fused-ring (bicyclic) bond motifs is 1. The first kappa shape index (κ1) is 15.8. The van der Waals surface area contributed by atoms with Gasteiger partial charge in [0, 0.05) is 18.3 Å². The van der Waals surface area contributed by atoms with Crippen LogP contribution in [0.2, 0.25) is 0 Å².